The summed E-state index contributed by atoms with van der Waals surface area (Å²) < 4.78 is 2.20. The zero-order valence-corrected chi connectivity index (χ0v) is 15.9. The number of amides is 1. The maximum absolute atomic E-state index is 13.0. The van der Waals surface area contributed by atoms with Crippen molar-refractivity contribution in [1.29, 1.82) is 5.26 Å². The first kappa shape index (κ1) is 18.9. The Morgan fingerprint density at radius 2 is 2.30 bits per heavy atom. The van der Waals surface area contributed by atoms with Crippen LogP contribution in [0.3, 0.4) is 0 Å². The van der Waals surface area contributed by atoms with Gasteiger partial charge in [0.15, 0.2) is 0 Å². The van der Waals surface area contributed by atoms with Gasteiger partial charge in [-0.05, 0) is 32.3 Å². The fourth-order valence-electron chi connectivity index (χ4n) is 3.67. The molecule has 1 N–H and O–H groups in total. The molecular formula is C20H25N5O2. The largest absolute Gasteiger partial charge is 0.338 e. The number of carbonyl (C=O) groups is 1. The number of nitrogens with zero attached hydrogens (tertiary/aromatic N) is 4. The molecule has 142 valence electrons. The topological polar surface area (TPSA) is 94.8 Å². The average molecular weight is 367 g/mol. The molecule has 7 nitrogen and oxygen atoms in total. The SMILES string of the molecule is CCCCn1ccnc1[C@H]1CCCN(C(=O)c2cc(C#N)c(=O)[nH]c2C)C1. The Balaban J connectivity index is 1.81. The molecule has 1 fully saturated rings. The first-order chi connectivity index (χ1) is 13.0. The summed E-state index contributed by atoms with van der Waals surface area (Å²) in [5, 5.41) is 9.09. The highest BCUT2D eigenvalue weighted by Crippen LogP contribution is 2.27. The highest BCUT2D eigenvalue weighted by molar-refractivity contribution is 5.95. The number of nitriles is 1. The molecule has 1 amide bonds. The second-order valence-corrected chi connectivity index (χ2v) is 7.09. The van der Waals surface area contributed by atoms with Crippen LogP contribution in [0.15, 0.2) is 23.3 Å². The molecule has 2 aromatic rings. The molecule has 0 spiro atoms. The van der Waals surface area contributed by atoms with Gasteiger partial charge < -0.3 is 14.5 Å². The Bertz CT molecular complexity index is 921. The van der Waals surface area contributed by atoms with E-state index in [1.165, 1.54) is 6.07 Å². The van der Waals surface area contributed by atoms with Gasteiger partial charge in [0.1, 0.15) is 17.5 Å². The number of pyridine rings is 1. The van der Waals surface area contributed by atoms with Crippen LogP contribution in [-0.4, -0.2) is 38.4 Å². The molecule has 1 atom stereocenters. The standard InChI is InChI=1S/C20H25N5O2/c1-3-4-8-24-10-7-22-18(24)15-6-5-9-25(13-15)20(27)17-11-16(12-21)19(26)23-14(17)2/h7,10-11,15H,3-6,8-9,13H2,1-2H3,(H,23,26)/t15-/m0/s1. The van der Waals surface area contributed by atoms with Gasteiger partial charge in [0, 0.05) is 43.6 Å². The summed E-state index contributed by atoms with van der Waals surface area (Å²) in [5.41, 5.74) is 0.394. The normalized spacial score (nSPS) is 16.9. The predicted molar refractivity (Wildman–Crippen MR) is 102 cm³/mol. The van der Waals surface area contributed by atoms with Crippen LogP contribution in [0, 0.1) is 18.3 Å². The molecule has 3 rings (SSSR count). The second-order valence-electron chi connectivity index (χ2n) is 7.09. The molecule has 1 aliphatic heterocycles. The van der Waals surface area contributed by atoms with Gasteiger partial charge >= 0.3 is 0 Å². The molecule has 1 saturated heterocycles. The van der Waals surface area contributed by atoms with Crippen LogP contribution >= 0.6 is 0 Å². The number of aromatic amines is 1. The molecule has 27 heavy (non-hydrogen) atoms. The summed E-state index contributed by atoms with van der Waals surface area (Å²) >= 11 is 0. The number of nitrogens with one attached hydrogen (secondary N) is 1. The van der Waals surface area contributed by atoms with Crippen molar-refractivity contribution in [2.24, 2.45) is 0 Å². The number of aryl methyl sites for hydroxylation is 2. The van der Waals surface area contributed by atoms with Gasteiger partial charge in [-0.1, -0.05) is 13.3 Å². The zero-order chi connectivity index (χ0) is 19.4. The molecule has 0 radical (unpaired) electrons. The van der Waals surface area contributed by atoms with Crippen LogP contribution in [0.5, 0.6) is 0 Å². The Morgan fingerprint density at radius 3 is 3.04 bits per heavy atom. The van der Waals surface area contributed by atoms with Crippen LogP contribution in [-0.2, 0) is 6.54 Å². The number of H-pyrrole nitrogens is 1. The van der Waals surface area contributed by atoms with Crippen molar-refractivity contribution in [3.05, 3.63) is 51.5 Å². The van der Waals surface area contributed by atoms with Gasteiger partial charge in [0.05, 0.1) is 5.56 Å². The monoisotopic (exact) mass is 367 g/mol. The van der Waals surface area contributed by atoms with Crippen molar-refractivity contribution >= 4 is 5.91 Å². The van der Waals surface area contributed by atoms with Crippen LogP contribution < -0.4 is 5.56 Å². The van der Waals surface area contributed by atoms with Crippen LogP contribution in [0.25, 0.3) is 0 Å². The molecule has 0 unspecified atom stereocenters. The fourth-order valence-corrected chi connectivity index (χ4v) is 3.67. The third-order valence-corrected chi connectivity index (χ3v) is 5.16. The van der Waals surface area contributed by atoms with Crippen LogP contribution in [0.2, 0.25) is 0 Å². The number of likely N-dealkylation sites (tertiary alicyclic amines) is 1. The third-order valence-electron chi connectivity index (χ3n) is 5.16. The van der Waals surface area contributed by atoms with E-state index in [4.69, 9.17) is 5.26 Å². The minimum Gasteiger partial charge on any atom is -0.338 e. The Kier molecular flexibility index (Phi) is 5.75. The number of aromatic nitrogens is 3. The van der Waals surface area contributed by atoms with E-state index in [1.807, 2.05) is 23.4 Å². The zero-order valence-electron chi connectivity index (χ0n) is 15.9. The quantitative estimate of drug-likeness (QED) is 0.879. The highest BCUT2D eigenvalue weighted by Gasteiger charge is 2.29. The Labute approximate surface area is 158 Å². The third kappa shape index (κ3) is 3.95. The maximum atomic E-state index is 13.0. The molecule has 7 heteroatoms. The number of hydrogen-bond donors (Lipinski definition) is 1. The number of imidazole rings is 1. The number of piperidine rings is 1. The number of rotatable bonds is 5. The second kappa shape index (κ2) is 8.21. The van der Waals surface area contributed by atoms with E-state index < -0.39 is 5.56 Å². The van der Waals surface area contributed by atoms with Gasteiger partial charge in [-0.15, -0.1) is 0 Å². The molecular weight excluding hydrogens is 342 g/mol. The first-order valence-electron chi connectivity index (χ1n) is 9.49. The van der Waals surface area contributed by atoms with E-state index in [0.29, 0.717) is 24.3 Å². The molecule has 0 bridgehead atoms. The van der Waals surface area contributed by atoms with Gasteiger partial charge in [0.25, 0.3) is 11.5 Å². The Morgan fingerprint density at radius 1 is 1.48 bits per heavy atom. The molecule has 0 aliphatic carbocycles. The van der Waals surface area contributed by atoms with E-state index in [0.717, 1.165) is 38.1 Å². The number of carbonyl (C=O) groups excluding carboxylic acids is 1. The molecule has 0 saturated carbocycles. The lowest BCUT2D eigenvalue weighted by Gasteiger charge is -2.33. The first-order valence-corrected chi connectivity index (χ1v) is 9.49. The molecule has 3 heterocycles. The molecule has 0 aromatic carbocycles. The lowest BCUT2D eigenvalue weighted by Crippen LogP contribution is -2.40. The van der Waals surface area contributed by atoms with Crippen LogP contribution in [0.1, 0.15) is 66.0 Å². The fraction of sp³-hybridized carbons (Fsp3) is 0.500. The van der Waals surface area contributed by atoms with Gasteiger partial charge in [-0.3, -0.25) is 9.59 Å². The summed E-state index contributed by atoms with van der Waals surface area (Å²) in [5.74, 6) is 1.10. The van der Waals surface area contributed by atoms with Crippen molar-refractivity contribution in [2.45, 2.75) is 52.0 Å². The summed E-state index contributed by atoms with van der Waals surface area (Å²) in [4.78, 5) is 33.8. The van der Waals surface area contributed by atoms with Gasteiger partial charge in [-0.25, -0.2) is 4.98 Å². The van der Waals surface area contributed by atoms with E-state index in [2.05, 4.69) is 21.5 Å². The van der Waals surface area contributed by atoms with Crippen molar-refractivity contribution in [3.8, 4) is 6.07 Å². The molecule has 1 aliphatic rings. The van der Waals surface area contributed by atoms with Crippen molar-refractivity contribution in [1.82, 2.24) is 19.4 Å². The minimum absolute atomic E-state index is 0.0346. The van der Waals surface area contributed by atoms with E-state index in [-0.39, 0.29) is 17.4 Å². The van der Waals surface area contributed by atoms with Gasteiger partial charge in [-0.2, -0.15) is 5.26 Å². The smallest absolute Gasteiger partial charge is 0.266 e. The maximum Gasteiger partial charge on any atom is 0.266 e. The Hall–Kier alpha value is -2.88. The average Bonchev–Trinajstić information content (AvgIpc) is 3.14. The van der Waals surface area contributed by atoms with E-state index >= 15 is 0 Å². The lowest BCUT2D eigenvalue weighted by molar-refractivity contribution is 0.0702. The predicted octanol–water partition coefficient (Wildman–Crippen LogP) is 2.57. The molecule has 2 aromatic heterocycles. The summed E-state index contributed by atoms with van der Waals surface area (Å²) in [6.07, 6.45) is 7.98. The number of unbranched alkanes of at least 4 members (excludes halogenated alkanes) is 1. The van der Waals surface area contributed by atoms with Crippen molar-refractivity contribution in [3.63, 3.8) is 0 Å². The van der Waals surface area contributed by atoms with E-state index in [1.54, 1.807) is 6.92 Å². The summed E-state index contributed by atoms with van der Waals surface area (Å²) in [6.45, 7) is 6.07. The van der Waals surface area contributed by atoms with Crippen molar-refractivity contribution < 1.29 is 4.79 Å². The summed E-state index contributed by atoms with van der Waals surface area (Å²) in [6, 6.07) is 3.26. The van der Waals surface area contributed by atoms with Gasteiger partial charge in [0.2, 0.25) is 0 Å². The minimum atomic E-state index is -0.457. The highest BCUT2D eigenvalue weighted by atomic mass is 16.2. The van der Waals surface area contributed by atoms with Crippen molar-refractivity contribution in [2.75, 3.05) is 13.1 Å². The lowest BCUT2D eigenvalue weighted by atomic mass is 9.96. The summed E-state index contributed by atoms with van der Waals surface area (Å²) in [7, 11) is 0. The van der Waals surface area contributed by atoms with Crippen LogP contribution in [0.4, 0.5) is 0 Å². The number of hydrogen-bond acceptors (Lipinski definition) is 4. The van der Waals surface area contributed by atoms with E-state index in [9.17, 15) is 9.59 Å².